The van der Waals surface area contributed by atoms with Crippen LogP contribution in [0.1, 0.15) is 36.8 Å². The van der Waals surface area contributed by atoms with E-state index in [0.717, 1.165) is 16.9 Å². The third kappa shape index (κ3) is 3.63. The molecule has 4 heteroatoms. The first-order valence-electron chi connectivity index (χ1n) is 8.43. The van der Waals surface area contributed by atoms with Gasteiger partial charge in [-0.2, -0.15) is 0 Å². The van der Waals surface area contributed by atoms with Crippen molar-refractivity contribution in [3.63, 3.8) is 0 Å². The van der Waals surface area contributed by atoms with Gasteiger partial charge in [-0.3, -0.25) is 4.79 Å². The lowest BCUT2D eigenvalue weighted by atomic mass is 10.1. The predicted molar refractivity (Wildman–Crippen MR) is 101 cm³/mol. The third-order valence-corrected chi connectivity index (χ3v) is 4.27. The van der Waals surface area contributed by atoms with Crippen molar-refractivity contribution in [1.82, 2.24) is 14.9 Å². The van der Waals surface area contributed by atoms with E-state index in [4.69, 9.17) is 4.98 Å². The van der Waals surface area contributed by atoms with Gasteiger partial charge < -0.3 is 9.88 Å². The first kappa shape index (κ1) is 17.0. The molecule has 0 radical (unpaired) electrons. The van der Waals surface area contributed by atoms with Crippen molar-refractivity contribution in [2.24, 2.45) is 0 Å². The van der Waals surface area contributed by atoms with E-state index in [9.17, 15) is 4.79 Å². The molecule has 0 saturated carbocycles. The number of carbonyl (C=O) groups is 1. The molecule has 25 heavy (non-hydrogen) atoms. The van der Waals surface area contributed by atoms with Crippen molar-refractivity contribution in [2.45, 2.75) is 33.4 Å². The highest BCUT2D eigenvalue weighted by Gasteiger charge is 2.18. The lowest BCUT2D eigenvalue weighted by molar-refractivity contribution is -0.118. The first-order valence-corrected chi connectivity index (χ1v) is 8.43. The van der Waals surface area contributed by atoms with E-state index in [-0.39, 0.29) is 11.9 Å². The highest BCUT2D eigenvalue weighted by molar-refractivity contribution is 5.92. The Morgan fingerprint density at radius 3 is 2.56 bits per heavy atom. The van der Waals surface area contributed by atoms with Crippen LogP contribution >= 0.6 is 0 Å². The Balaban J connectivity index is 2.01. The van der Waals surface area contributed by atoms with Gasteiger partial charge in [0.1, 0.15) is 5.82 Å². The van der Waals surface area contributed by atoms with Crippen molar-refractivity contribution in [3.8, 4) is 0 Å². The summed E-state index contributed by atoms with van der Waals surface area (Å²) in [6, 6.07) is 16.3. The van der Waals surface area contributed by atoms with E-state index in [0.29, 0.717) is 12.1 Å². The molecule has 1 amide bonds. The number of hydrogen-bond acceptors (Lipinski definition) is 2. The zero-order valence-corrected chi connectivity index (χ0v) is 14.9. The molecule has 1 atom stereocenters. The second kappa shape index (κ2) is 6.93. The van der Waals surface area contributed by atoms with Crippen molar-refractivity contribution in [1.29, 1.82) is 0 Å². The van der Waals surface area contributed by atoms with Gasteiger partial charge in [-0.15, -0.1) is 0 Å². The van der Waals surface area contributed by atoms with Crippen LogP contribution in [-0.2, 0) is 11.3 Å². The molecule has 0 aliphatic rings. The van der Waals surface area contributed by atoms with Gasteiger partial charge in [-0.1, -0.05) is 48.5 Å². The molecule has 2 aromatic carbocycles. The van der Waals surface area contributed by atoms with Crippen molar-refractivity contribution < 1.29 is 4.79 Å². The summed E-state index contributed by atoms with van der Waals surface area (Å²) in [5, 5.41) is 2.97. The molecule has 0 spiro atoms. The molecule has 0 saturated heterocycles. The van der Waals surface area contributed by atoms with Gasteiger partial charge in [0.2, 0.25) is 5.91 Å². The first-order chi connectivity index (χ1) is 12.0. The number of para-hydroxylation sites is 2. The number of nitrogens with zero attached hydrogens (tertiary/aromatic N) is 2. The van der Waals surface area contributed by atoms with E-state index < -0.39 is 0 Å². The van der Waals surface area contributed by atoms with Crippen LogP contribution in [0, 0.1) is 6.92 Å². The fourth-order valence-electron chi connectivity index (χ4n) is 2.85. The Hall–Kier alpha value is -2.88. The van der Waals surface area contributed by atoms with Gasteiger partial charge in [0, 0.05) is 12.1 Å². The number of nitrogens with one attached hydrogen (secondary N) is 1. The fourth-order valence-corrected chi connectivity index (χ4v) is 2.85. The molecule has 0 aliphatic heterocycles. The number of amides is 1. The smallest absolute Gasteiger partial charge is 0.246 e. The fraction of sp³-hybridized carbons (Fsp3) is 0.238. The summed E-state index contributed by atoms with van der Waals surface area (Å²) >= 11 is 0. The lowest BCUT2D eigenvalue weighted by Gasteiger charge is -2.16. The minimum absolute atomic E-state index is 0.151. The maximum Gasteiger partial charge on any atom is 0.246 e. The Morgan fingerprint density at radius 2 is 1.88 bits per heavy atom. The van der Waals surface area contributed by atoms with Gasteiger partial charge in [0.05, 0.1) is 17.1 Å². The maximum atomic E-state index is 12.0. The molecular formula is C21H23N3O. The second-order valence-electron chi connectivity index (χ2n) is 6.51. The normalized spacial score (nSPS) is 12.1. The van der Waals surface area contributed by atoms with E-state index in [1.54, 1.807) is 6.92 Å². The number of aromatic nitrogens is 2. The van der Waals surface area contributed by atoms with Crippen molar-refractivity contribution >= 4 is 16.9 Å². The maximum absolute atomic E-state index is 12.0. The Labute approximate surface area is 148 Å². The van der Waals surface area contributed by atoms with Gasteiger partial charge in [0.15, 0.2) is 0 Å². The Kier molecular flexibility index (Phi) is 4.70. The SMILES string of the molecule is C=C(C)C(=O)NC(C)c1nc2ccccc2n1Cc1ccc(C)cc1. The highest BCUT2D eigenvalue weighted by atomic mass is 16.1. The molecule has 1 unspecified atom stereocenters. The Morgan fingerprint density at radius 1 is 1.20 bits per heavy atom. The van der Waals surface area contributed by atoms with Gasteiger partial charge in [-0.25, -0.2) is 4.98 Å². The number of fused-ring (bicyclic) bond motifs is 1. The number of carbonyl (C=O) groups excluding carboxylic acids is 1. The molecule has 0 aliphatic carbocycles. The van der Waals surface area contributed by atoms with Crippen LogP contribution in [0.25, 0.3) is 11.0 Å². The number of imidazole rings is 1. The summed E-state index contributed by atoms with van der Waals surface area (Å²) in [7, 11) is 0. The summed E-state index contributed by atoms with van der Waals surface area (Å²) in [5.74, 6) is 0.692. The molecule has 3 rings (SSSR count). The molecule has 1 aromatic heterocycles. The standard InChI is InChI=1S/C21H23N3O/c1-14(2)21(25)22-16(4)20-23-18-7-5-6-8-19(18)24(20)13-17-11-9-15(3)10-12-17/h5-12,16H,1,13H2,2-4H3,(H,22,25). The van der Waals surface area contributed by atoms with Gasteiger partial charge in [-0.05, 0) is 38.5 Å². The summed E-state index contributed by atoms with van der Waals surface area (Å²) in [6.07, 6.45) is 0. The van der Waals surface area contributed by atoms with Gasteiger partial charge in [0.25, 0.3) is 0 Å². The zero-order valence-electron chi connectivity index (χ0n) is 14.9. The summed E-state index contributed by atoms with van der Waals surface area (Å²) < 4.78 is 2.17. The minimum atomic E-state index is -0.206. The van der Waals surface area contributed by atoms with E-state index >= 15 is 0 Å². The van der Waals surface area contributed by atoms with E-state index in [2.05, 4.69) is 53.7 Å². The molecule has 0 bridgehead atoms. The van der Waals surface area contributed by atoms with Gasteiger partial charge >= 0.3 is 0 Å². The summed E-state index contributed by atoms with van der Waals surface area (Å²) in [4.78, 5) is 16.8. The largest absolute Gasteiger partial charge is 0.343 e. The van der Waals surface area contributed by atoms with Crippen LogP contribution in [-0.4, -0.2) is 15.5 Å². The lowest BCUT2D eigenvalue weighted by Crippen LogP contribution is -2.29. The zero-order chi connectivity index (χ0) is 18.0. The molecule has 3 aromatic rings. The quantitative estimate of drug-likeness (QED) is 0.713. The number of hydrogen-bond donors (Lipinski definition) is 1. The van der Waals surface area contributed by atoms with Crippen LogP contribution < -0.4 is 5.32 Å². The number of aryl methyl sites for hydroxylation is 1. The average Bonchev–Trinajstić information content (AvgIpc) is 2.95. The van der Waals surface area contributed by atoms with Crippen LogP contribution in [0.5, 0.6) is 0 Å². The molecule has 0 fully saturated rings. The summed E-state index contributed by atoms with van der Waals surface area (Å²) in [6.45, 7) is 10.2. The third-order valence-electron chi connectivity index (χ3n) is 4.27. The molecule has 1 N–H and O–H groups in total. The minimum Gasteiger partial charge on any atom is -0.343 e. The molecule has 1 heterocycles. The molecular weight excluding hydrogens is 310 g/mol. The van der Waals surface area contributed by atoms with Crippen molar-refractivity contribution in [2.75, 3.05) is 0 Å². The highest BCUT2D eigenvalue weighted by Crippen LogP contribution is 2.22. The van der Waals surface area contributed by atoms with Crippen molar-refractivity contribution in [3.05, 3.63) is 77.6 Å². The van der Waals surface area contributed by atoms with Crippen LogP contribution in [0.3, 0.4) is 0 Å². The van der Waals surface area contributed by atoms with E-state index in [1.807, 2.05) is 25.1 Å². The van der Waals surface area contributed by atoms with E-state index in [1.165, 1.54) is 11.1 Å². The number of benzene rings is 2. The van der Waals surface area contributed by atoms with Crippen LogP contribution in [0.15, 0.2) is 60.7 Å². The summed E-state index contributed by atoms with van der Waals surface area (Å²) in [5.41, 5.74) is 4.93. The molecule has 128 valence electrons. The predicted octanol–water partition coefficient (Wildman–Crippen LogP) is 4.15. The van der Waals surface area contributed by atoms with Crippen LogP contribution in [0.4, 0.5) is 0 Å². The topological polar surface area (TPSA) is 46.9 Å². The van der Waals surface area contributed by atoms with Crippen LogP contribution in [0.2, 0.25) is 0 Å². The Bertz CT molecular complexity index is 922. The molecule has 4 nitrogen and oxygen atoms in total. The average molecular weight is 333 g/mol. The second-order valence-corrected chi connectivity index (χ2v) is 6.51. The monoisotopic (exact) mass is 333 g/mol. The number of rotatable bonds is 5.